The third kappa shape index (κ3) is 3.68. The summed E-state index contributed by atoms with van der Waals surface area (Å²) >= 11 is 1.37. The molecule has 0 aliphatic heterocycles. The Morgan fingerprint density at radius 3 is 2.50 bits per heavy atom. The molecule has 0 saturated heterocycles. The molecule has 0 aliphatic rings. The molecule has 2 heterocycles. The van der Waals surface area contributed by atoms with Crippen LogP contribution in [0, 0.1) is 0 Å². The summed E-state index contributed by atoms with van der Waals surface area (Å²) in [5, 5.41) is 19.2. The van der Waals surface area contributed by atoms with Crippen molar-refractivity contribution in [2.45, 2.75) is 6.42 Å². The van der Waals surface area contributed by atoms with Gasteiger partial charge in [-0.25, -0.2) is 0 Å². The largest absolute Gasteiger partial charge is 0.295 e. The van der Waals surface area contributed by atoms with E-state index in [0.717, 1.165) is 21.8 Å². The van der Waals surface area contributed by atoms with Gasteiger partial charge in [0.25, 0.3) is 5.91 Å². The number of amides is 1. The zero-order valence-corrected chi connectivity index (χ0v) is 14.5. The normalized spacial score (nSPS) is 10.6. The molecule has 4 rings (SSSR count). The maximum Gasteiger partial charge on any atom is 0.275 e. The van der Waals surface area contributed by atoms with Crippen LogP contribution in [-0.2, 0) is 6.42 Å². The number of aromatic amines is 1. The lowest BCUT2D eigenvalue weighted by molar-refractivity contribution is 0.102. The van der Waals surface area contributed by atoms with Gasteiger partial charge in [0.2, 0.25) is 5.13 Å². The van der Waals surface area contributed by atoms with Gasteiger partial charge in [0, 0.05) is 12.0 Å². The van der Waals surface area contributed by atoms with E-state index in [-0.39, 0.29) is 5.91 Å². The third-order valence-corrected chi connectivity index (χ3v) is 4.62. The van der Waals surface area contributed by atoms with E-state index in [9.17, 15) is 4.79 Å². The molecule has 128 valence electrons. The first-order valence-electron chi connectivity index (χ1n) is 8.06. The van der Waals surface area contributed by atoms with E-state index in [4.69, 9.17) is 0 Å². The molecule has 0 spiro atoms. The highest BCUT2D eigenvalue weighted by molar-refractivity contribution is 7.15. The highest BCUT2D eigenvalue weighted by Gasteiger charge is 2.14. The van der Waals surface area contributed by atoms with Gasteiger partial charge in [0.1, 0.15) is 10.7 Å². The Morgan fingerprint density at radius 1 is 1.00 bits per heavy atom. The van der Waals surface area contributed by atoms with Crippen molar-refractivity contribution in [2.24, 2.45) is 0 Å². The molecule has 0 unspecified atom stereocenters. The number of H-pyrrole nitrogens is 1. The van der Waals surface area contributed by atoms with E-state index in [1.807, 2.05) is 60.7 Å². The summed E-state index contributed by atoms with van der Waals surface area (Å²) in [6.07, 6.45) is 0.691. The second kappa shape index (κ2) is 7.28. The van der Waals surface area contributed by atoms with E-state index in [1.54, 1.807) is 6.07 Å². The molecule has 4 aromatic rings. The summed E-state index contributed by atoms with van der Waals surface area (Å²) in [4.78, 5) is 12.4. The van der Waals surface area contributed by atoms with Crippen LogP contribution in [0.5, 0.6) is 0 Å². The van der Waals surface area contributed by atoms with Crippen molar-refractivity contribution >= 4 is 22.4 Å². The van der Waals surface area contributed by atoms with Crippen LogP contribution in [0.4, 0.5) is 5.13 Å². The minimum Gasteiger partial charge on any atom is -0.295 e. The van der Waals surface area contributed by atoms with Gasteiger partial charge in [0.15, 0.2) is 0 Å². The molecule has 0 aliphatic carbocycles. The summed E-state index contributed by atoms with van der Waals surface area (Å²) in [5.41, 5.74) is 3.20. The Bertz CT molecular complexity index is 1010. The average molecular weight is 361 g/mol. The fourth-order valence-corrected chi connectivity index (χ4v) is 3.27. The number of hydrogen-bond acceptors (Lipinski definition) is 5. The summed E-state index contributed by atoms with van der Waals surface area (Å²) < 4.78 is 0. The summed E-state index contributed by atoms with van der Waals surface area (Å²) in [7, 11) is 0. The molecule has 0 atom stereocenters. The zero-order valence-electron chi connectivity index (χ0n) is 13.7. The molecule has 2 aromatic heterocycles. The Morgan fingerprint density at radius 2 is 1.73 bits per heavy atom. The van der Waals surface area contributed by atoms with E-state index >= 15 is 0 Å². The van der Waals surface area contributed by atoms with Gasteiger partial charge < -0.3 is 0 Å². The van der Waals surface area contributed by atoms with Crippen LogP contribution in [0.1, 0.15) is 21.1 Å². The monoisotopic (exact) mass is 361 g/mol. The molecule has 6 nitrogen and oxygen atoms in total. The Labute approximate surface area is 153 Å². The molecule has 2 aromatic carbocycles. The number of carbonyl (C=O) groups is 1. The van der Waals surface area contributed by atoms with Gasteiger partial charge in [-0.3, -0.25) is 15.2 Å². The van der Waals surface area contributed by atoms with Crippen LogP contribution in [0.2, 0.25) is 0 Å². The Kier molecular flexibility index (Phi) is 4.53. The lowest BCUT2D eigenvalue weighted by Gasteiger charge is -1.97. The van der Waals surface area contributed by atoms with Crippen molar-refractivity contribution in [3.05, 3.63) is 83.0 Å². The molecular formula is C19H15N5OS. The zero-order chi connectivity index (χ0) is 17.8. The van der Waals surface area contributed by atoms with E-state index < -0.39 is 0 Å². The second-order valence-electron chi connectivity index (χ2n) is 5.65. The maximum absolute atomic E-state index is 12.4. The van der Waals surface area contributed by atoms with Gasteiger partial charge in [-0.05, 0) is 11.6 Å². The summed E-state index contributed by atoms with van der Waals surface area (Å²) in [6.45, 7) is 0. The summed E-state index contributed by atoms with van der Waals surface area (Å²) in [6, 6.07) is 21.4. The molecule has 0 saturated carbocycles. The maximum atomic E-state index is 12.4. The predicted molar refractivity (Wildman–Crippen MR) is 101 cm³/mol. The number of aromatic nitrogens is 4. The highest BCUT2D eigenvalue weighted by Crippen LogP contribution is 2.20. The standard InChI is InChI=1S/C19H15N5OS/c25-18(16-12-15(21-22-16)14-9-5-2-6-10-14)20-19-24-23-17(26-19)11-13-7-3-1-4-8-13/h1-10,12H,11H2,(H,21,22)(H,20,24,25). The first-order valence-corrected chi connectivity index (χ1v) is 8.88. The molecule has 1 amide bonds. The van der Waals surface area contributed by atoms with Crippen molar-refractivity contribution in [3.8, 4) is 11.3 Å². The van der Waals surface area contributed by atoms with Gasteiger partial charge in [0.05, 0.1) is 5.69 Å². The van der Waals surface area contributed by atoms with Gasteiger partial charge >= 0.3 is 0 Å². The topological polar surface area (TPSA) is 83.6 Å². The van der Waals surface area contributed by atoms with Crippen LogP contribution in [0.15, 0.2) is 66.7 Å². The lowest BCUT2D eigenvalue weighted by Crippen LogP contribution is -2.12. The van der Waals surface area contributed by atoms with E-state index in [2.05, 4.69) is 25.7 Å². The second-order valence-corrected chi connectivity index (χ2v) is 6.71. The number of carbonyl (C=O) groups excluding carboxylic acids is 1. The SMILES string of the molecule is O=C(Nc1nnc(Cc2ccccc2)s1)c1cc(-c2ccccc2)n[nH]1. The first kappa shape index (κ1) is 16.2. The molecule has 26 heavy (non-hydrogen) atoms. The number of anilines is 1. The Hall–Kier alpha value is -3.32. The molecule has 7 heteroatoms. The van der Waals surface area contributed by atoms with Gasteiger partial charge in [-0.1, -0.05) is 72.0 Å². The van der Waals surface area contributed by atoms with Crippen LogP contribution < -0.4 is 5.32 Å². The van der Waals surface area contributed by atoms with Crippen molar-refractivity contribution in [2.75, 3.05) is 5.32 Å². The third-order valence-electron chi connectivity index (χ3n) is 3.78. The lowest BCUT2D eigenvalue weighted by atomic mass is 10.1. The van der Waals surface area contributed by atoms with Gasteiger partial charge in [-0.2, -0.15) is 5.10 Å². The van der Waals surface area contributed by atoms with Crippen LogP contribution in [-0.4, -0.2) is 26.3 Å². The highest BCUT2D eigenvalue weighted by atomic mass is 32.1. The van der Waals surface area contributed by atoms with Crippen LogP contribution in [0.25, 0.3) is 11.3 Å². The fraction of sp³-hybridized carbons (Fsp3) is 0.0526. The minimum absolute atomic E-state index is 0.290. The average Bonchev–Trinajstić information content (AvgIpc) is 3.33. The molecule has 0 radical (unpaired) electrons. The number of benzene rings is 2. The molecular weight excluding hydrogens is 346 g/mol. The summed E-state index contributed by atoms with van der Waals surface area (Å²) in [5.74, 6) is -0.290. The van der Waals surface area contributed by atoms with E-state index in [0.29, 0.717) is 17.2 Å². The quantitative estimate of drug-likeness (QED) is 0.567. The predicted octanol–water partition coefficient (Wildman–Crippen LogP) is 3.77. The van der Waals surface area contributed by atoms with Crippen LogP contribution in [0.3, 0.4) is 0 Å². The fourth-order valence-electron chi connectivity index (χ4n) is 2.51. The van der Waals surface area contributed by atoms with Crippen molar-refractivity contribution < 1.29 is 4.79 Å². The smallest absolute Gasteiger partial charge is 0.275 e. The van der Waals surface area contributed by atoms with Crippen molar-refractivity contribution in [3.63, 3.8) is 0 Å². The number of nitrogens with zero attached hydrogens (tertiary/aromatic N) is 3. The number of nitrogens with one attached hydrogen (secondary N) is 2. The van der Waals surface area contributed by atoms with Crippen LogP contribution >= 0.6 is 11.3 Å². The minimum atomic E-state index is -0.290. The first-order chi connectivity index (χ1) is 12.8. The van der Waals surface area contributed by atoms with Gasteiger partial charge in [-0.15, -0.1) is 10.2 Å². The number of hydrogen-bond donors (Lipinski definition) is 2. The molecule has 2 N–H and O–H groups in total. The molecule has 0 fully saturated rings. The van der Waals surface area contributed by atoms with E-state index in [1.165, 1.54) is 11.3 Å². The van der Waals surface area contributed by atoms with Crippen molar-refractivity contribution in [1.29, 1.82) is 0 Å². The Balaban J connectivity index is 1.43. The van der Waals surface area contributed by atoms with Crippen molar-refractivity contribution in [1.82, 2.24) is 20.4 Å². The molecule has 0 bridgehead atoms. The number of rotatable bonds is 5.